The summed E-state index contributed by atoms with van der Waals surface area (Å²) in [5, 5.41) is 0. The van der Waals surface area contributed by atoms with Crippen molar-refractivity contribution in [3.05, 3.63) is 47.5 Å². The van der Waals surface area contributed by atoms with Crippen molar-refractivity contribution in [2.45, 2.75) is 37.5 Å². The fourth-order valence-corrected chi connectivity index (χ4v) is 2.91. The molecule has 14 heavy (non-hydrogen) atoms. The van der Waals surface area contributed by atoms with Crippen molar-refractivity contribution in [3.63, 3.8) is 0 Å². The van der Waals surface area contributed by atoms with Crippen molar-refractivity contribution in [1.29, 1.82) is 0 Å². The summed E-state index contributed by atoms with van der Waals surface area (Å²) in [6.07, 6.45) is 10.3. The molecule has 0 N–H and O–H groups in total. The molecule has 0 saturated heterocycles. The molecule has 2 aliphatic rings. The first-order valence-electron chi connectivity index (χ1n) is 5.72. The highest BCUT2D eigenvalue weighted by atomic mass is 14.4. The van der Waals surface area contributed by atoms with Gasteiger partial charge in [0.1, 0.15) is 0 Å². The molecule has 2 unspecified atom stereocenters. The third-order valence-electron chi connectivity index (χ3n) is 3.67. The van der Waals surface area contributed by atoms with Crippen molar-refractivity contribution in [1.82, 2.24) is 0 Å². The maximum atomic E-state index is 2.44. The van der Waals surface area contributed by atoms with Crippen LogP contribution in [0.25, 0.3) is 0 Å². The molecule has 0 aromatic heterocycles. The van der Waals surface area contributed by atoms with Gasteiger partial charge in [-0.3, -0.25) is 0 Å². The molecule has 2 aliphatic carbocycles. The number of rotatable bonds is 0. The van der Waals surface area contributed by atoms with E-state index in [1.54, 1.807) is 11.1 Å². The lowest BCUT2D eigenvalue weighted by Crippen LogP contribution is -2.23. The highest BCUT2D eigenvalue weighted by molar-refractivity contribution is 5.47. The summed E-state index contributed by atoms with van der Waals surface area (Å²) in [7, 11) is 0. The van der Waals surface area contributed by atoms with Crippen LogP contribution in [0.2, 0.25) is 0 Å². The topological polar surface area (TPSA) is 0 Å². The molecule has 0 aliphatic heterocycles. The van der Waals surface area contributed by atoms with E-state index in [1.807, 2.05) is 0 Å². The van der Waals surface area contributed by atoms with Crippen LogP contribution in [0.4, 0.5) is 0 Å². The molecule has 0 saturated carbocycles. The highest BCUT2D eigenvalue weighted by Crippen LogP contribution is 2.50. The molecule has 3 rings (SSSR count). The van der Waals surface area contributed by atoms with E-state index in [2.05, 4.69) is 36.4 Å². The van der Waals surface area contributed by atoms with E-state index >= 15 is 0 Å². The first kappa shape index (κ1) is 8.28. The lowest BCUT2D eigenvalue weighted by atomic mass is 9.65. The molecule has 0 heterocycles. The second-order valence-corrected chi connectivity index (χ2v) is 4.47. The van der Waals surface area contributed by atoms with Crippen LogP contribution >= 0.6 is 0 Å². The van der Waals surface area contributed by atoms with Gasteiger partial charge in [-0.25, -0.2) is 0 Å². The molecule has 2 atom stereocenters. The summed E-state index contributed by atoms with van der Waals surface area (Å²) in [4.78, 5) is 0. The van der Waals surface area contributed by atoms with Crippen LogP contribution in [-0.2, 0) is 0 Å². The molecule has 72 valence electrons. The summed E-state index contributed by atoms with van der Waals surface area (Å²) in [5.41, 5.74) is 3.19. The number of fused-ring (bicyclic) bond motifs is 4. The third-order valence-corrected chi connectivity index (χ3v) is 3.67. The Morgan fingerprint density at radius 2 is 1.86 bits per heavy atom. The van der Waals surface area contributed by atoms with Crippen molar-refractivity contribution in [2.24, 2.45) is 0 Å². The molecule has 1 aromatic rings. The zero-order chi connectivity index (χ0) is 9.38. The average molecular weight is 184 g/mol. The van der Waals surface area contributed by atoms with Crippen LogP contribution in [0.1, 0.15) is 48.6 Å². The standard InChI is InChI=1S/C14H16/c1-2-4-8-12-11(7-3-1)13-9-5-6-10-14(12)13/h3,5-7,9-12H,1-2,4,8H2/b7-3-. The molecule has 0 radical (unpaired) electrons. The number of hydrogen-bond acceptors (Lipinski definition) is 0. The Balaban J connectivity index is 1.98. The Kier molecular flexibility index (Phi) is 1.93. The molecule has 0 fully saturated rings. The van der Waals surface area contributed by atoms with Gasteiger partial charge < -0.3 is 0 Å². The minimum atomic E-state index is 0.742. The van der Waals surface area contributed by atoms with Crippen LogP contribution in [-0.4, -0.2) is 0 Å². The lowest BCUT2D eigenvalue weighted by molar-refractivity contribution is 0.470. The van der Waals surface area contributed by atoms with Crippen LogP contribution in [0.5, 0.6) is 0 Å². The monoisotopic (exact) mass is 184 g/mol. The number of benzene rings is 1. The molecule has 0 amide bonds. The van der Waals surface area contributed by atoms with Crippen molar-refractivity contribution >= 4 is 0 Å². The summed E-state index contributed by atoms with van der Waals surface area (Å²) in [6.45, 7) is 0. The molecular formula is C14H16. The van der Waals surface area contributed by atoms with Gasteiger partial charge in [0.05, 0.1) is 0 Å². The summed E-state index contributed by atoms with van der Waals surface area (Å²) < 4.78 is 0. The molecule has 0 nitrogen and oxygen atoms in total. The SMILES string of the molecule is C1=C\C2c3ccccc3C2CCCC/1. The molecule has 0 heteroatoms. The molecule has 1 aromatic carbocycles. The van der Waals surface area contributed by atoms with Crippen molar-refractivity contribution < 1.29 is 0 Å². The number of allylic oxidation sites excluding steroid dienone is 2. The summed E-state index contributed by atoms with van der Waals surface area (Å²) in [5.74, 6) is 1.58. The second kappa shape index (κ2) is 3.27. The first-order chi connectivity index (χ1) is 6.97. The maximum absolute atomic E-state index is 2.44. The Hall–Kier alpha value is -1.04. The van der Waals surface area contributed by atoms with E-state index in [0.717, 1.165) is 11.8 Å². The first-order valence-corrected chi connectivity index (χ1v) is 5.72. The van der Waals surface area contributed by atoms with Gasteiger partial charge in [0, 0.05) is 5.92 Å². The zero-order valence-electron chi connectivity index (χ0n) is 8.45. The van der Waals surface area contributed by atoms with E-state index in [9.17, 15) is 0 Å². The second-order valence-electron chi connectivity index (χ2n) is 4.47. The number of hydrogen-bond donors (Lipinski definition) is 0. The van der Waals surface area contributed by atoms with Crippen LogP contribution in [0.3, 0.4) is 0 Å². The normalized spacial score (nSPS) is 31.7. The molecular weight excluding hydrogens is 168 g/mol. The molecule has 0 spiro atoms. The largest absolute Gasteiger partial charge is 0.0879 e. The Morgan fingerprint density at radius 3 is 2.79 bits per heavy atom. The van der Waals surface area contributed by atoms with Gasteiger partial charge in [0.2, 0.25) is 0 Å². The Bertz CT molecular complexity index is 362. The maximum Gasteiger partial charge on any atom is 0.00896 e. The van der Waals surface area contributed by atoms with E-state index in [1.165, 1.54) is 25.7 Å². The average Bonchev–Trinajstić information content (AvgIpc) is 2.17. The third kappa shape index (κ3) is 1.13. The van der Waals surface area contributed by atoms with Crippen molar-refractivity contribution in [3.8, 4) is 0 Å². The van der Waals surface area contributed by atoms with Crippen LogP contribution in [0, 0.1) is 0 Å². The van der Waals surface area contributed by atoms with E-state index in [4.69, 9.17) is 0 Å². The van der Waals surface area contributed by atoms with Gasteiger partial charge in [-0.05, 0) is 36.3 Å². The minimum absolute atomic E-state index is 0.742. The van der Waals surface area contributed by atoms with Crippen molar-refractivity contribution in [2.75, 3.05) is 0 Å². The minimum Gasteiger partial charge on any atom is -0.0879 e. The highest BCUT2D eigenvalue weighted by Gasteiger charge is 2.34. The lowest BCUT2D eigenvalue weighted by Gasteiger charge is -2.39. The van der Waals surface area contributed by atoms with Gasteiger partial charge >= 0.3 is 0 Å². The Labute approximate surface area is 85.6 Å². The smallest absolute Gasteiger partial charge is 0.00896 e. The van der Waals surface area contributed by atoms with Gasteiger partial charge in [-0.1, -0.05) is 42.8 Å². The van der Waals surface area contributed by atoms with E-state index < -0.39 is 0 Å². The van der Waals surface area contributed by atoms with E-state index in [-0.39, 0.29) is 0 Å². The zero-order valence-corrected chi connectivity index (χ0v) is 8.45. The predicted octanol–water partition coefficient (Wildman–Crippen LogP) is 4.00. The van der Waals surface area contributed by atoms with Crippen LogP contribution < -0.4 is 0 Å². The molecule has 0 bridgehead atoms. The fraction of sp³-hybridized carbons (Fsp3) is 0.429. The van der Waals surface area contributed by atoms with Gasteiger partial charge in [0.25, 0.3) is 0 Å². The summed E-state index contributed by atoms with van der Waals surface area (Å²) >= 11 is 0. The van der Waals surface area contributed by atoms with Gasteiger partial charge in [-0.15, -0.1) is 0 Å². The van der Waals surface area contributed by atoms with Gasteiger partial charge in [-0.2, -0.15) is 0 Å². The van der Waals surface area contributed by atoms with E-state index in [0.29, 0.717) is 0 Å². The fourth-order valence-electron chi connectivity index (χ4n) is 2.91. The van der Waals surface area contributed by atoms with Crippen LogP contribution in [0.15, 0.2) is 36.4 Å². The quantitative estimate of drug-likeness (QED) is 0.535. The Morgan fingerprint density at radius 1 is 1.00 bits per heavy atom. The summed E-state index contributed by atoms with van der Waals surface area (Å²) in [6, 6.07) is 8.95. The van der Waals surface area contributed by atoms with Gasteiger partial charge in [0.15, 0.2) is 0 Å². The predicted molar refractivity (Wildman–Crippen MR) is 59.5 cm³/mol.